The highest BCUT2D eigenvalue weighted by atomic mass is 33.5. The Balaban J connectivity index is 2.69. The summed E-state index contributed by atoms with van der Waals surface area (Å²) in [5.74, 6) is 1.06. The van der Waals surface area contributed by atoms with E-state index in [0.717, 1.165) is 5.75 Å². The molecule has 0 heterocycles. The van der Waals surface area contributed by atoms with Gasteiger partial charge in [0.05, 0.1) is 0 Å². The van der Waals surface area contributed by atoms with Crippen LogP contribution in [0.25, 0.3) is 0 Å². The van der Waals surface area contributed by atoms with Gasteiger partial charge in [-0.15, -0.1) is 0 Å². The summed E-state index contributed by atoms with van der Waals surface area (Å²) in [7, 11) is 3.23. The molecule has 0 N–H and O–H groups in total. The van der Waals surface area contributed by atoms with E-state index < -0.39 is 0 Å². The highest BCUT2D eigenvalue weighted by Crippen LogP contribution is 2.23. The number of hydrogen-bond acceptors (Lipinski definition) is 3. The average Bonchev–Trinajstić information content (AvgIpc) is 1.69. The second-order valence-corrected chi connectivity index (χ2v) is 4.14. The summed E-state index contributed by atoms with van der Waals surface area (Å²) in [4.78, 5) is 0. The predicted molar refractivity (Wildman–Crippen MR) is 43.8 cm³/mol. The molecule has 0 aromatic carbocycles. The van der Waals surface area contributed by atoms with Crippen LogP contribution in [0.3, 0.4) is 0 Å². The molecule has 0 bridgehead atoms. The largest absolute Gasteiger partial charge is 0.0997 e. The molecule has 0 aromatic rings. The lowest BCUT2D eigenvalue weighted by Crippen LogP contribution is -1.58. The fourth-order valence-corrected chi connectivity index (χ4v) is 1.46. The summed E-state index contributed by atoms with van der Waals surface area (Å²) < 4.78 is 0. The van der Waals surface area contributed by atoms with E-state index in [-0.39, 0.29) is 0 Å². The van der Waals surface area contributed by atoms with Crippen LogP contribution in [0, 0.1) is 0 Å². The van der Waals surface area contributed by atoms with Gasteiger partial charge in [-0.2, -0.15) is 0 Å². The Morgan fingerprint density at radius 1 is 1.71 bits per heavy atom. The first-order chi connectivity index (χ1) is 3.41. The van der Waals surface area contributed by atoms with Gasteiger partial charge in [0, 0.05) is 5.75 Å². The molecule has 0 fully saturated rings. The quantitative estimate of drug-likeness (QED) is 0.286. The van der Waals surface area contributed by atoms with E-state index in [2.05, 4.69) is 17.7 Å². The van der Waals surface area contributed by atoms with Gasteiger partial charge in [0.15, 0.2) is 0 Å². The SMILES string of the molecule is CC=CCSSS. The molecule has 0 saturated carbocycles. The maximum atomic E-state index is 3.94. The highest BCUT2D eigenvalue weighted by Gasteiger charge is 1.74. The summed E-state index contributed by atoms with van der Waals surface area (Å²) in [5.41, 5.74) is 0. The standard InChI is InChI=1S/C4H8S3/c1-2-3-4-6-7-5/h2-3,5H,4H2,1H3. The summed E-state index contributed by atoms with van der Waals surface area (Å²) in [6, 6.07) is 0. The fourth-order valence-electron chi connectivity index (χ4n) is 0.166. The molecule has 0 aromatic heterocycles. The van der Waals surface area contributed by atoms with Crippen molar-refractivity contribution in [1.29, 1.82) is 0 Å². The first kappa shape index (κ1) is 7.79. The third kappa shape index (κ3) is 6.79. The van der Waals surface area contributed by atoms with E-state index in [1.54, 1.807) is 10.8 Å². The van der Waals surface area contributed by atoms with E-state index in [0.29, 0.717) is 0 Å². The van der Waals surface area contributed by atoms with E-state index in [1.165, 1.54) is 9.83 Å². The zero-order valence-corrected chi connectivity index (χ0v) is 6.65. The summed E-state index contributed by atoms with van der Waals surface area (Å²) >= 11 is 3.94. The van der Waals surface area contributed by atoms with E-state index in [1.807, 2.05) is 13.0 Å². The highest BCUT2D eigenvalue weighted by molar-refractivity contribution is 9.05. The van der Waals surface area contributed by atoms with Gasteiger partial charge >= 0.3 is 0 Å². The Hall–Kier alpha value is 0.790. The third-order valence-corrected chi connectivity index (χ3v) is 2.56. The molecule has 0 amide bonds. The molecule has 0 rings (SSSR count). The van der Waals surface area contributed by atoms with E-state index in [4.69, 9.17) is 0 Å². The maximum Gasteiger partial charge on any atom is 0.0225 e. The molecule has 0 aliphatic heterocycles. The molecule has 0 radical (unpaired) electrons. The second kappa shape index (κ2) is 6.79. The number of rotatable bonds is 3. The Morgan fingerprint density at radius 2 is 2.43 bits per heavy atom. The van der Waals surface area contributed by atoms with Crippen molar-refractivity contribution in [1.82, 2.24) is 0 Å². The first-order valence-corrected chi connectivity index (χ1v) is 5.33. The Morgan fingerprint density at radius 3 is 2.86 bits per heavy atom. The maximum absolute atomic E-state index is 3.94. The summed E-state index contributed by atoms with van der Waals surface area (Å²) in [6.07, 6.45) is 4.14. The van der Waals surface area contributed by atoms with Crippen LogP contribution in [-0.4, -0.2) is 5.75 Å². The van der Waals surface area contributed by atoms with Gasteiger partial charge in [-0.25, -0.2) is 0 Å². The normalized spacial score (nSPS) is 10.6. The zero-order chi connectivity index (χ0) is 5.54. The number of allylic oxidation sites excluding steroid dienone is 1. The van der Waals surface area contributed by atoms with Gasteiger partial charge in [0.1, 0.15) is 0 Å². The smallest absolute Gasteiger partial charge is 0.0225 e. The van der Waals surface area contributed by atoms with E-state index >= 15 is 0 Å². The molecule has 0 nitrogen and oxygen atoms in total. The fraction of sp³-hybridized carbons (Fsp3) is 0.500. The van der Waals surface area contributed by atoms with Crippen molar-refractivity contribution >= 4 is 32.3 Å². The lowest BCUT2D eigenvalue weighted by atomic mass is 10.6. The van der Waals surface area contributed by atoms with Crippen LogP contribution in [0.4, 0.5) is 0 Å². The molecular weight excluding hydrogens is 144 g/mol. The predicted octanol–water partition coefficient (Wildman–Crippen LogP) is 2.79. The van der Waals surface area contributed by atoms with Crippen LogP contribution in [-0.2, 0) is 0 Å². The molecule has 0 spiro atoms. The Bertz CT molecular complexity index is 50.9. The minimum absolute atomic E-state index is 1.06. The average molecular weight is 152 g/mol. The lowest BCUT2D eigenvalue weighted by Gasteiger charge is -1.82. The minimum atomic E-state index is 1.06. The second-order valence-electron chi connectivity index (χ2n) is 0.928. The summed E-state index contributed by atoms with van der Waals surface area (Å²) in [5, 5.41) is 0. The Kier molecular flexibility index (Phi) is 7.56. The van der Waals surface area contributed by atoms with Crippen molar-refractivity contribution in [2.75, 3.05) is 5.75 Å². The van der Waals surface area contributed by atoms with Crippen LogP contribution in [0.5, 0.6) is 0 Å². The van der Waals surface area contributed by atoms with Gasteiger partial charge in [-0.05, 0) is 16.7 Å². The van der Waals surface area contributed by atoms with Crippen LogP contribution < -0.4 is 0 Å². The van der Waals surface area contributed by atoms with Gasteiger partial charge in [-0.3, -0.25) is 0 Å². The number of thiol groups is 1. The van der Waals surface area contributed by atoms with Gasteiger partial charge in [-0.1, -0.05) is 34.6 Å². The molecule has 3 heteroatoms. The molecular formula is C4H8S3. The van der Waals surface area contributed by atoms with E-state index in [9.17, 15) is 0 Å². The van der Waals surface area contributed by atoms with Crippen LogP contribution in [0.1, 0.15) is 6.92 Å². The third-order valence-electron chi connectivity index (χ3n) is 0.453. The van der Waals surface area contributed by atoms with Crippen LogP contribution in [0.15, 0.2) is 12.2 Å². The number of hydrogen-bond donors (Lipinski definition) is 1. The van der Waals surface area contributed by atoms with Crippen LogP contribution >= 0.6 is 32.3 Å². The van der Waals surface area contributed by atoms with Crippen molar-refractivity contribution < 1.29 is 0 Å². The molecule has 0 aliphatic carbocycles. The zero-order valence-electron chi connectivity index (χ0n) is 4.13. The molecule has 0 atom stereocenters. The molecule has 42 valence electrons. The van der Waals surface area contributed by atoms with Crippen molar-refractivity contribution in [2.45, 2.75) is 6.92 Å². The monoisotopic (exact) mass is 152 g/mol. The topological polar surface area (TPSA) is 0 Å². The Labute approximate surface area is 57.3 Å². The van der Waals surface area contributed by atoms with Crippen LogP contribution in [0.2, 0.25) is 0 Å². The minimum Gasteiger partial charge on any atom is -0.0997 e. The van der Waals surface area contributed by atoms with Crippen molar-refractivity contribution in [3.8, 4) is 0 Å². The molecule has 0 saturated heterocycles. The van der Waals surface area contributed by atoms with Crippen molar-refractivity contribution in [3.05, 3.63) is 12.2 Å². The molecule has 0 unspecified atom stereocenters. The molecule has 7 heavy (non-hydrogen) atoms. The van der Waals surface area contributed by atoms with Crippen molar-refractivity contribution in [2.24, 2.45) is 0 Å². The van der Waals surface area contributed by atoms with Gasteiger partial charge in [0.25, 0.3) is 0 Å². The van der Waals surface area contributed by atoms with Gasteiger partial charge in [0.2, 0.25) is 0 Å². The lowest BCUT2D eigenvalue weighted by molar-refractivity contribution is 1.66. The first-order valence-electron chi connectivity index (χ1n) is 1.96. The van der Waals surface area contributed by atoms with Gasteiger partial charge < -0.3 is 0 Å². The summed E-state index contributed by atoms with van der Waals surface area (Å²) in [6.45, 7) is 2.02. The molecule has 0 aliphatic rings. The van der Waals surface area contributed by atoms with Crippen molar-refractivity contribution in [3.63, 3.8) is 0 Å².